The number of benzene rings is 2. The van der Waals surface area contributed by atoms with Gasteiger partial charge in [-0.3, -0.25) is 4.79 Å². The molecule has 0 radical (unpaired) electrons. The molecule has 1 fully saturated rings. The second-order valence-electron chi connectivity index (χ2n) is 8.67. The van der Waals surface area contributed by atoms with Crippen LogP contribution in [-0.4, -0.2) is 24.6 Å². The summed E-state index contributed by atoms with van der Waals surface area (Å²) >= 11 is 0. The van der Waals surface area contributed by atoms with Crippen LogP contribution in [0.4, 0.5) is 10.5 Å². The van der Waals surface area contributed by atoms with E-state index in [0.29, 0.717) is 19.6 Å². The Morgan fingerprint density at radius 3 is 2.58 bits per heavy atom. The summed E-state index contributed by atoms with van der Waals surface area (Å²) in [4.78, 5) is 25.0. The Kier molecular flexibility index (Phi) is 6.75. The quantitative estimate of drug-likeness (QED) is 0.673. The van der Waals surface area contributed by atoms with Crippen LogP contribution in [0.1, 0.15) is 48.8 Å². The smallest absolute Gasteiger partial charge is 0.319 e. The zero-order valence-electron chi connectivity index (χ0n) is 18.1. The standard InChI is InChI=1S/C25H31N3O3/c1-17-7-9-18(10-8-17)15-26-24(29)20-13-19-14-22(11-12-23(19)31-16-20)28-25(30)27-21-5-3-2-4-6-21/h7-12,14,20-21H,2-6,13,15-16H2,1H3,(H,26,29)(H2,27,28,30)/t20-/m1/s1. The molecule has 1 saturated carbocycles. The van der Waals surface area contributed by atoms with Gasteiger partial charge in [0.1, 0.15) is 12.4 Å². The first-order chi connectivity index (χ1) is 15.1. The predicted molar refractivity (Wildman–Crippen MR) is 121 cm³/mol. The van der Waals surface area contributed by atoms with Crippen molar-refractivity contribution in [3.05, 3.63) is 59.2 Å². The lowest BCUT2D eigenvalue weighted by atomic mass is 9.95. The molecule has 2 aliphatic rings. The molecule has 0 aromatic heterocycles. The van der Waals surface area contributed by atoms with Crippen LogP contribution in [-0.2, 0) is 17.8 Å². The van der Waals surface area contributed by atoms with Gasteiger partial charge in [0, 0.05) is 18.3 Å². The SMILES string of the molecule is Cc1ccc(CNC(=O)[C@H]2COc3ccc(NC(=O)NC4CCCCC4)cc3C2)cc1. The third-order valence-corrected chi connectivity index (χ3v) is 6.12. The first-order valence-corrected chi connectivity index (χ1v) is 11.2. The van der Waals surface area contributed by atoms with Gasteiger partial charge in [0.2, 0.25) is 5.91 Å². The fourth-order valence-corrected chi connectivity index (χ4v) is 4.28. The third kappa shape index (κ3) is 5.78. The Morgan fingerprint density at radius 1 is 1.03 bits per heavy atom. The minimum Gasteiger partial charge on any atom is -0.492 e. The first-order valence-electron chi connectivity index (χ1n) is 11.2. The maximum atomic E-state index is 12.7. The van der Waals surface area contributed by atoms with Crippen LogP contribution in [0.2, 0.25) is 0 Å². The van der Waals surface area contributed by atoms with E-state index in [-0.39, 0.29) is 23.9 Å². The molecule has 2 aromatic carbocycles. The van der Waals surface area contributed by atoms with E-state index >= 15 is 0 Å². The summed E-state index contributed by atoms with van der Waals surface area (Å²) in [6, 6.07) is 13.9. The number of nitrogens with one attached hydrogen (secondary N) is 3. The molecule has 1 atom stereocenters. The van der Waals surface area contributed by atoms with Gasteiger partial charge in [-0.2, -0.15) is 0 Å². The average Bonchev–Trinajstić information content (AvgIpc) is 2.78. The minimum absolute atomic E-state index is 0.0142. The highest BCUT2D eigenvalue weighted by atomic mass is 16.5. The van der Waals surface area contributed by atoms with Crippen LogP contribution in [0.25, 0.3) is 0 Å². The van der Waals surface area contributed by atoms with Gasteiger partial charge in [0.15, 0.2) is 0 Å². The molecule has 4 rings (SSSR count). The fraction of sp³-hybridized carbons (Fsp3) is 0.440. The Morgan fingerprint density at radius 2 is 1.81 bits per heavy atom. The van der Waals surface area contributed by atoms with Crippen molar-refractivity contribution in [2.45, 2.75) is 58.0 Å². The molecule has 0 bridgehead atoms. The zero-order chi connectivity index (χ0) is 21.6. The van der Waals surface area contributed by atoms with Crippen LogP contribution < -0.4 is 20.7 Å². The number of amides is 3. The summed E-state index contributed by atoms with van der Waals surface area (Å²) in [5.41, 5.74) is 3.93. The number of carbonyl (C=O) groups excluding carboxylic acids is 2. The molecule has 0 saturated heterocycles. The number of rotatable bonds is 5. The lowest BCUT2D eigenvalue weighted by Crippen LogP contribution is -2.39. The lowest BCUT2D eigenvalue weighted by Gasteiger charge is -2.26. The third-order valence-electron chi connectivity index (χ3n) is 6.12. The van der Waals surface area contributed by atoms with Crippen molar-refractivity contribution >= 4 is 17.6 Å². The van der Waals surface area contributed by atoms with Gasteiger partial charge in [-0.05, 0) is 55.5 Å². The van der Waals surface area contributed by atoms with Crippen molar-refractivity contribution in [2.24, 2.45) is 5.92 Å². The number of urea groups is 1. The molecule has 0 unspecified atom stereocenters. The molecule has 164 valence electrons. The normalized spacial score (nSPS) is 18.4. The van der Waals surface area contributed by atoms with E-state index in [1.807, 2.05) is 49.4 Å². The average molecular weight is 422 g/mol. The number of carbonyl (C=O) groups is 2. The molecule has 6 heteroatoms. The molecule has 31 heavy (non-hydrogen) atoms. The second-order valence-corrected chi connectivity index (χ2v) is 8.67. The largest absolute Gasteiger partial charge is 0.492 e. The lowest BCUT2D eigenvalue weighted by molar-refractivity contribution is -0.126. The molecule has 3 N–H and O–H groups in total. The van der Waals surface area contributed by atoms with Gasteiger partial charge in [-0.1, -0.05) is 49.1 Å². The topological polar surface area (TPSA) is 79.5 Å². The Hall–Kier alpha value is -3.02. The number of aryl methyl sites for hydroxylation is 1. The molecule has 6 nitrogen and oxygen atoms in total. The summed E-state index contributed by atoms with van der Waals surface area (Å²) in [5.74, 6) is 0.518. The summed E-state index contributed by atoms with van der Waals surface area (Å²) < 4.78 is 5.82. The van der Waals surface area contributed by atoms with Crippen LogP contribution in [0.5, 0.6) is 5.75 Å². The monoisotopic (exact) mass is 421 g/mol. The Balaban J connectivity index is 1.31. The van der Waals surface area contributed by atoms with Crippen molar-refractivity contribution in [2.75, 3.05) is 11.9 Å². The highest BCUT2D eigenvalue weighted by Crippen LogP contribution is 2.30. The van der Waals surface area contributed by atoms with E-state index in [1.165, 1.54) is 24.8 Å². The van der Waals surface area contributed by atoms with E-state index in [0.717, 1.165) is 35.4 Å². The highest BCUT2D eigenvalue weighted by Gasteiger charge is 2.26. The molecule has 1 heterocycles. The predicted octanol–water partition coefficient (Wildman–Crippen LogP) is 4.32. The molecule has 0 spiro atoms. The molecule has 1 aliphatic heterocycles. The fourth-order valence-electron chi connectivity index (χ4n) is 4.28. The number of ether oxygens (including phenoxy) is 1. The Bertz CT molecular complexity index is 920. The van der Waals surface area contributed by atoms with Gasteiger partial charge in [-0.25, -0.2) is 4.79 Å². The van der Waals surface area contributed by atoms with Crippen molar-refractivity contribution in [3.63, 3.8) is 0 Å². The van der Waals surface area contributed by atoms with Gasteiger partial charge >= 0.3 is 6.03 Å². The van der Waals surface area contributed by atoms with Crippen LogP contribution in [0.15, 0.2) is 42.5 Å². The van der Waals surface area contributed by atoms with Crippen LogP contribution in [0, 0.1) is 12.8 Å². The van der Waals surface area contributed by atoms with E-state index in [2.05, 4.69) is 16.0 Å². The summed E-state index contributed by atoms with van der Waals surface area (Å²) in [7, 11) is 0. The van der Waals surface area contributed by atoms with E-state index < -0.39 is 0 Å². The molecular formula is C25H31N3O3. The minimum atomic E-state index is -0.246. The van der Waals surface area contributed by atoms with Gasteiger partial charge in [0.05, 0.1) is 5.92 Å². The van der Waals surface area contributed by atoms with E-state index in [9.17, 15) is 9.59 Å². The zero-order valence-corrected chi connectivity index (χ0v) is 18.1. The van der Waals surface area contributed by atoms with Crippen LogP contribution >= 0.6 is 0 Å². The highest BCUT2D eigenvalue weighted by molar-refractivity contribution is 5.89. The van der Waals surface area contributed by atoms with Gasteiger partial charge in [0.25, 0.3) is 0 Å². The number of fused-ring (bicyclic) bond motifs is 1. The summed E-state index contributed by atoms with van der Waals surface area (Å²) in [6.45, 7) is 2.91. The van der Waals surface area contributed by atoms with Crippen LogP contribution in [0.3, 0.4) is 0 Å². The summed E-state index contributed by atoms with van der Waals surface area (Å²) in [6.07, 6.45) is 6.29. The van der Waals surface area contributed by atoms with Gasteiger partial charge < -0.3 is 20.7 Å². The number of hydrogen-bond acceptors (Lipinski definition) is 3. The van der Waals surface area contributed by atoms with Gasteiger partial charge in [-0.15, -0.1) is 0 Å². The first kappa shape index (κ1) is 21.2. The molecule has 3 amide bonds. The van der Waals surface area contributed by atoms with Crippen molar-refractivity contribution in [3.8, 4) is 5.75 Å². The molecule has 2 aromatic rings. The maximum Gasteiger partial charge on any atom is 0.319 e. The molecule has 1 aliphatic carbocycles. The van der Waals surface area contributed by atoms with E-state index in [1.54, 1.807) is 0 Å². The molecular weight excluding hydrogens is 390 g/mol. The van der Waals surface area contributed by atoms with Crippen molar-refractivity contribution in [1.82, 2.24) is 10.6 Å². The van der Waals surface area contributed by atoms with Crippen molar-refractivity contribution in [1.29, 1.82) is 0 Å². The number of anilines is 1. The Labute approximate surface area is 183 Å². The number of hydrogen-bond donors (Lipinski definition) is 3. The van der Waals surface area contributed by atoms with Crippen molar-refractivity contribution < 1.29 is 14.3 Å². The summed E-state index contributed by atoms with van der Waals surface area (Å²) in [5, 5.41) is 9.01. The van der Waals surface area contributed by atoms with E-state index in [4.69, 9.17) is 4.74 Å². The maximum absolute atomic E-state index is 12.7. The second kappa shape index (κ2) is 9.86.